The fraction of sp³-hybridized carbons (Fsp3) is 0.435. The Morgan fingerprint density at radius 2 is 1.87 bits per heavy atom. The molecule has 7 rings (SSSR count). The third kappa shape index (κ3) is 2.97. The highest BCUT2D eigenvalue weighted by molar-refractivity contribution is 8.26. The van der Waals surface area contributed by atoms with Crippen LogP contribution in [0.2, 0.25) is 0 Å². The number of nitrogens with zero attached hydrogens (tertiary/aromatic N) is 2. The molecule has 4 aliphatic carbocycles. The van der Waals surface area contributed by atoms with Crippen LogP contribution in [0, 0.1) is 29.6 Å². The van der Waals surface area contributed by atoms with Crippen molar-refractivity contribution in [2.75, 3.05) is 0 Å². The Morgan fingerprint density at radius 3 is 2.57 bits per heavy atom. The number of pyridine rings is 1. The molecule has 2 aromatic heterocycles. The second-order valence-electron chi connectivity index (χ2n) is 9.02. The second kappa shape index (κ2) is 7.02. The van der Waals surface area contributed by atoms with E-state index >= 15 is 0 Å². The molecule has 0 spiro atoms. The number of carbonyl (C=O) groups excluding carboxylic acids is 1. The molecule has 4 bridgehead atoms. The summed E-state index contributed by atoms with van der Waals surface area (Å²) in [6, 6.07) is 6.99. The fourth-order valence-electron chi connectivity index (χ4n) is 6.33. The molecule has 3 heterocycles. The van der Waals surface area contributed by atoms with Crippen LogP contribution in [0.1, 0.15) is 37.9 Å². The first-order valence-electron chi connectivity index (χ1n) is 10.5. The van der Waals surface area contributed by atoms with Crippen LogP contribution < -0.4 is 0 Å². The number of thioether (sulfide) groups is 1. The van der Waals surface area contributed by atoms with Crippen molar-refractivity contribution in [3.8, 4) is 11.3 Å². The summed E-state index contributed by atoms with van der Waals surface area (Å²) in [5, 5.41) is 0. The molecule has 7 heteroatoms. The molecule has 2 aromatic rings. The maximum Gasteiger partial charge on any atom is 0.266 e. The van der Waals surface area contributed by atoms with Gasteiger partial charge in [-0.3, -0.25) is 9.69 Å². The Labute approximate surface area is 183 Å². The topological polar surface area (TPSA) is 46.3 Å². The first-order valence-corrected chi connectivity index (χ1v) is 11.8. The molecule has 4 saturated carbocycles. The number of rotatable bonds is 3. The lowest BCUT2D eigenvalue weighted by Crippen LogP contribution is -2.57. The summed E-state index contributed by atoms with van der Waals surface area (Å²) in [6.07, 6.45) is 9.48. The summed E-state index contributed by atoms with van der Waals surface area (Å²) in [5.41, 5.74) is 0.304. The van der Waals surface area contributed by atoms with Gasteiger partial charge in [0, 0.05) is 18.3 Å². The van der Waals surface area contributed by atoms with Gasteiger partial charge in [0.2, 0.25) is 5.95 Å². The standard InChI is InChI=1S/C23H21FN2O2S2/c24-21-17(2-1-5-25-21)18-4-3-16(28-18)11-19-22(27)26(23(29)30-19)20-14-7-12-6-13(9-14)10-15(20)8-12/h1-5,11-15,20H,6-10H2/b19-11-. The van der Waals surface area contributed by atoms with Crippen molar-refractivity contribution >= 4 is 40.3 Å². The van der Waals surface area contributed by atoms with E-state index in [9.17, 15) is 9.18 Å². The predicted octanol–water partition coefficient (Wildman–Crippen LogP) is 5.51. The van der Waals surface area contributed by atoms with Gasteiger partial charge < -0.3 is 4.42 Å². The zero-order valence-corrected chi connectivity index (χ0v) is 17.9. The number of halogens is 1. The van der Waals surface area contributed by atoms with Crippen LogP contribution in [0.4, 0.5) is 4.39 Å². The number of aromatic nitrogens is 1. The molecule has 0 aromatic carbocycles. The number of amides is 1. The van der Waals surface area contributed by atoms with Crippen molar-refractivity contribution in [1.82, 2.24) is 9.88 Å². The molecule has 1 amide bonds. The molecular formula is C23H21FN2O2S2. The zero-order chi connectivity index (χ0) is 20.4. The summed E-state index contributed by atoms with van der Waals surface area (Å²) in [6.45, 7) is 0. The monoisotopic (exact) mass is 440 g/mol. The van der Waals surface area contributed by atoms with Gasteiger partial charge in [-0.15, -0.1) is 0 Å². The van der Waals surface area contributed by atoms with Crippen molar-refractivity contribution in [2.45, 2.75) is 38.1 Å². The first-order chi connectivity index (χ1) is 14.6. The first kappa shape index (κ1) is 18.8. The van der Waals surface area contributed by atoms with E-state index in [0.717, 1.165) is 11.8 Å². The Morgan fingerprint density at radius 1 is 1.13 bits per heavy atom. The highest BCUT2D eigenvalue weighted by Crippen LogP contribution is 2.56. The summed E-state index contributed by atoms with van der Waals surface area (Å²) >= 11 is 7.00. The maximum absolute atomic E-state index is 13.9. The normalized spacial score (nSPS) is 33.8. The molecule has 0 atom stereocenters. The van der Waals surface area contributed by atoms with E-state index in [0.29, 0.717) is 38.1 Å². The van der Waals surface area contributed by atoms with Crippen molar-refractivity contribution in [3.63, 3.8) is 0 Å². The number of carbonyl (C=O) groups is 1. The minimum Gasteiger partial charge on any atom is -0.457 e. The molecular weight excluding hydrogens is 419 g/mol. The Kier molecular flexibility index (Phi) is 4.39. The molecule has 1 saturated heterocycles. The molecule has 1 aliphatic heterocycles. The summed E-state index contributed by atoms with van der Waals surface area (Å²) in [4.78, 5) is 19.5. The molecule has 0 radical (unpaired) electrons. The van der Waals surface area contributed by atoms with E-state index in [4.69, 9.17) is 16.6 Å². The number of thiocarbonyl (C=S) groups is 1. The zero-order valence-electron chi connectivity index (χ0n) is 16.3. The summed E-state index contributed by atoms with van der Waals surface area (Å²) < 4.78 is 20.4. The van der Waals surface area contributed by atoms with Crippen molar-refractivity contribution < 1.29 is 13.6 Å². The Hall–Kier alpha value is -1.99. The van der Waals surface area contributed by atoms with Gasteiger partial charge in [0.05, 0.1) is 10.5 Å². The predicted molar refractivity (Wildman–Crippen MR) is 118 cm³/mol. The van der Waals surface area contributed by atoms with Crippen LogP contribution in [0.25, 0.3) is 17.4 Å². The van der Waals surface area contributed by atoms with Crippen molar-refractivity contribution in [1.29, 1.82) is 0 Å². The second-order valence-corrected chi connectivity index (χ2v) is 10.7. The Bertz CT molecular complexity index is 1050. The largest absolute Gasteiger partial charge is 0.457 e. The Balaban J connectivity index is 1.26. The van der Waals surface area contributed by atoms with Gasteiger partial charge >= 0.3 is 0 Å². The number of hydrogen-bond acceptors (Lipinski definition) is 5. The SMILES string of the molecule is O=C1/C(=C/c2ccc(-c3cccnc3F)o2)SC(=S)N1C1C2CC3CC(C2)CC1C3. The van der Waals surface area contributed by atoms with Crippen molar-refractivity contribution in [3.05, 3.63) is 47.1 Å². The fourth-order valence-corrected chi connectivity index (χ4v) is 7.65. The van der Waals surface area contributed by atoms with E-state index in [1.54, 1.807) is 30.3 Å². The van der Waals surface area contributed by atoms with Gasteiger partial charge in [-0.25, -0.2) is 4.98 Å². The molecule has 4 nitrogen and oxygen atoms in total. The van der Waals surface area contributed by atoms with E-state index in [2.05, 4.69) is 4.98 Å². The van der Waals surface area contributed by atoms with Gasteiger partial charge in [0.1, 0.15) is 15.8 Å². The number of furan rings is 1. The lowest BCUT2D eigenvalue weighted by molar-refractivity contribution is -0.130. The molecule has 154 valence electrons. The summed E-state index contributed by atoms with van der Waals surface area (Å²) in [5.74, 6) is 3.21. The minimum absolute atomic E-state index is 0.00650. The van der Waals surface area contributed by atoms with E-state index < -0.39 is 5.95 Å². The lowest BCUT2D eigenvalue weighted by atomic mass is 9.54. The molecule has 30 heavy (non-hydrogen) atoms. The average Bonchev–Trinajstić information content (AvgIpc) is 3.27. The highest BCUT2D eigenvalue weighted by atomic mass is 32.2. The third-order valence-corrected chi connectivity index (χ3v) is 8.55. The smallest absolute Gasteiger partial charge is 0.266 e. The van der Waals surface area contributed by atoms with Gasteiger partial charge in [-0.1, -0.05) is 24.0 Å². The third-order valence-electron chi connectivity index (χ3n) is 7.22. The highest BCUT2D eigenvalue weighted by Gasteiger charge is 2.53. The number of hydrogen-bond donors (Lipinski definition) is 0. The van der Waals surface area contributed by atoms with E-state index in [1.807, 2.05) is 4.90 Å². The summed E-state index contributed by atoms with van der Waals surface area (Å²) in [7, 11) is 0. The average molecular weight is 441 g/mol. The van der Waals surface area contributed by atoms with Crippen molar-refractivity contribution in [2.24, 2.45) is 23.7 Å². The lowest BCUT2D eigenvalue weighted by Gasteiger charge is -2.56. The molecule has 0 unspecified atom stereocenters. The van der Waals surface area contributed by atoms with Gasteiger partial charge in [-0.05, 0) is 80.0 Å². The van der Waals surface area contributed by atoms with E-state index in [1.165, 1.54) is 50.1 Å². The molecule has 5 aliphatic rings. The van der Waals surface area contributed by atoms with Crippen LogP contribution in [-0.2, 0) is 4.79 Å². The minimum atomic E-state index is -0.577. The van der Waals surface area contributed by atoms with Gasteiger partial charge in [0.25, 0.3) is 5.91 Å². The van der Waals surface area contributed by atoms with Crippen LogP contribution in [0.3, 0.4) is 0 Å². The van der Waals surface area contributed by atoms with Crippen LogP contribution in [0.15, 0.2) is 39.8 Å². The molecule has 0 N–H and O–H groups in total. The van der Waals surface area contributed by atoms with E-state index in [-0.39, 0.29) is 11.9 Å². The van der Waals surface area contributed by atoms with Gasteiger partial charge in [0.15, 0.2) is 0 Å². The quantitative estimate of drug-likeness (QED) is 0.358. The van der Waals surface area contributed by atoms with Crippen LogP contribution in [0.5, 0.6) is 0 Å². The molecule has 5 fully saturated rings. The maximum atomic E-state index is 13.9. The van der Waals surface area contributed by atoms with Crippen LogP contribution >= 0.6 is 24.0 Å². The van der Waals surface area contributed by atoms with Gasteiger partial charge in [-0.2, -0.15) is 4.39 Å². The van der Waals surface area contributed by atoms with Crippen LogP contribution in [-0.4, -0.2) is 26.2 Å².